The number of rotatable bonds is 3. The second-order valence-electron chi connectivity index (χ2n) is 5.97. The van der Waals surface area contributed by atoms with E-state index < -0.39 is 10.0 Å². The molecule has 0 N–H and O–H groups in total. The Morgan fingerprint density at radius 1 is 1.04 bits per heavy atom. The van der Waals surface area contributed by atoms with E-state index in [1.807, 2.05) is 13.0 Å². The van der Waals surface area contributed by atoms with Gasteiger partial charge in [0.25, 0.3) is 5.91 Å². The normalized spacial score (nSPS) is 16.6. The SMILES string of the molecule is Cc1ccc(S(=O)(=O)N2CCCN(C(=O)c3ccc(Br)s3)CC2)cc1. The summed E-state index contributed by atoms with van der Waals surface area (Å²) >= 11 is 4.76. The van der Waals surface area contributed by atoms with Gasteiger partial charge in [0.05, 0.1) is 13.6 Å². The minimum Gasteiger partial charge on any atom is -0.337 e. The summed E-state index contributed by atoms with van der Waals surface area (Å²) in [6.45, 7) is 3.63. The van der Waals surface area contributed by atoms with Crippen molar-refractivity contribution in [3.8, 4) is 0 Å². The molecule has 25 heavy (non-hydrogen) atoms. The summed E-state index contributed by atoms with van der Waals surface area (Å²) in [6, 6.07) is 10.5. The summed E-state index contributed by atoms with van der Waals surface area (Å²) in [6.07, 6.45) is 0.628. The van der Waals surface area contributed by atoms with Gasteiger partial charge in [0, 0.05) is 26.2 Å². The molecular formula is C17H19BrN2O3S2. The van der Waals surface area contributed by atoms with E-state index in [9.17, 15) is 13.2 Å². The smallest absolute Gasteiger partial charge is 0.264 e. The van der Waals surface area contributed by atoms with Gasteiger partial charge in [-0.3, -0.25) is 4.79 Å². The molecule has 0 atom stereocenters. The molecule has 2 aromatic rings. The first kappa shape index (κ1) is 18.6. The van der Waals surface area contributed by atoms with E-state index in [1.54, 1.807) is 35.2 Å². The van der Waals surface area contributed by atoms with E-state index in [1.165, 1.54) is 15.6 Å². The predicted octanol–water partition coefficient (Wildman–Crippen LogP) is 3.36. The Kier molecular flexibility index (Phi) is 5.62. The van der Waals surface area contributed by atoms with E-state index in [2.05, 4.69) is 15.9 Å². The Labute approximate surface area is 160 Å². The third-order valence-electron chi connectivity index (χ3n) is 4.18. The minimum atomic E-state index is -3.52. The summed E-state index contributed by atoms with van der Waals surface area (Å²) in [5.74, 6) is -0.0368. The molecule has 5 nitrogen and oxygen atoms in total. The summed E-state index contributed by atoms with van der Waals surface area (Å²) in [5.41, 5.74) is 1.02. The standard InChI is InChI=1S/C17H19BrN2O3S2/c1-13-3-5-14(6-4-13)25(22,23)20-10-2-9-19(11-12-20)17(21)15-7-8-16(18)24-15/h3-8H,2,9-12H2,1H3. The number of thiophene rings is 1. The van der Waals surface area contributed by atoms with E-state index in [0.29, 0.717) is 42.4 Å². The molecule has 1 saturated heterocycles. The molecule has 1 aromatic carbocycles. The number of hydrogen-bond donors (Lipinski definition) is 0. The maximum atomic E-state index is 12.8. The molecule has 0 unspecified atom stereocenters. The monoisotopic (exact) mass is 442 g/mol. The van der Waals surface area contributed by atoms with Crippen molar-refractivity contribution in [3.05, 3.63) is 50.6 Å². The second-order valence-corrected chi connectivity index (χ2v) is 10.4. The zero-order valence-corrected chi connectivity index (χ0v) is 17.0. The zero-order valence-electron chi connectivity index (χ0n) is 13.8. The van der Waals surface area contributed by atoms with Gasteiger partial charge in [0.2, 0.25) is 10.0 Å². The molecule has 3 rings (SSSR count). The van der Waals surface area contributed by atoms with Gasteiger partial charge in [0.15, 0.2) is 0 Å². The van der Waals surface area contributed by atoms with Crippen LogP contribution in [-0.2, 0) is 10.0 Å². The molecule has 1 aromatic heterocycles. The van der Waals surface area contributed by atoms with Crippen molar-refractivity contribution in [2.45, 2.75) is 18.2 Å². The van der Waals surface area contributed by atoms with Crippen molar-refractivity contribution in [3.63, 3.8) is 0 Å². The lowest BCUT2D eigenvalue weighted by molar-refractivity contribution is 0.0769. The summed E-state index contributed by atoms with van der Waals surface area (Å²) < 4.78 is 28.0. The molecule has 1 amide bonds. The lowest BCUT2D eigenvalue weighted by Gasteiger charge is -2.21. The van der Waals surface area contributed by atoms with Crippen molar-refractivity contribution in [2.75, 3.05) is 26.2 Å². The van der Waals surface area contributed by atoms with Crippen LogP contribution < -0.4 is 0 Å². The lowest BCUT2D eigenvalue weighted by Crippen LogP contribution is -2.37. The molecule has 0 saturated carbocycles. The van der Waals surface area contributed by atoms with Crippen molar-refractivity contribution in [2.24, 2.45) is 0 Å². The number of benzene rings is 1. The Morgan fingerprint density at radius 3 is 2.40 bits per heavy atom. The molecule has 134 valence electrons. The molecule has 2 heterocycles. The Balaban J connectivity index is 1.73. The quantitative estimate of drug-likeness (QED) is 0.731. The molecule has 0 aliphatic carbocycles. The van der Waals surface area contributed by atoms with Crippen molar-refractivity contribution in [1.29, 1.82) is 0 Å². The first-order chi connectivity index (χ1) is 11.9. The Morgan fingerprint density at radius 2 is 1.76 bits per heavy atom. The van der Waals surface area contributed by atoms with Gasteiger partial charge in [-0.25, -0.2) is 8.42 Å². The number of carbonyl (C=O) groups excluding carboxylic acids is 1. The average molecular weight is 443 g/mol. The van der Waals surface area contributed by atoms with Crippen LogP contribution in [-0.4, -0.2) is 49.7 Å². The molecule has 8 heteroatoms. The molecule has 1 aliphatic rings. The average Bonchev–Trinajstić information content (AvgIpc) is 2.86. The van der Waals surface area contributed by atoms with Crippen LogP contribution >= 0.6 is 27.3 Å². The number of aryl methyl sites for hydroxylation is 1. The summed E-state index contributed by atoms with van der Waals surface area (Å²) in [5, 5.41) is 0. The van der Waals surface area contributed by atoms with Crippen LogP contribution in [0.5, 0.6) is 0 Å². The van der Waals surface area contributed by atoms with Crippen molar-refractivity contribution >= 4 is 43.2 Å². The molecule has 0 radical (unpaired) electrons. The van der Waals surface area contributed by atoms with E-state index in [0.717, 1.165) is 9.35 Å². The van der Waals surface area contributed by atoms with E-state index in [-0.39, 0.29) is 5.91 Å². The lowest BCUT2D eigenvalue weighted by atomic mass is 10.2. The van der Waals surface area contributed by atoms with E-state index >= 15 is 0 Å². The summed E-state index contributed by atoms with van der Waals surface area (Å²) in [4.78, 5) is 15.3. The van der Waals surface area contributed by atoms with Crippen LogP contribution in [0.15, 0.2) is 45.1 Å². The van der Waals surface area contributed by atoms with Gasteiger partial charge in [-0.15, -0.1) is 11.3 Å². The maximum Gasteiger partial charge on any atom is 0.264 e. The Hall–Kier alpha value is -1.22. The largest absolute Gasteiger partial charge is 0.337 e. The zero-order chi connectivity index (χ0) is 18.0. The number of amides is 1. The number of sulfonamides is 1. The molecule has 0 spiro atoms. The van der Waals surface area contributed by atoms with Crippen LogP contribution in [0, 0.1) is 6.92 Å². The fourth-order valence-corrected chi connectivity index (χ4v) is 5.61. The van der Waals surface area contributed by atoms with Gasteiger partial charge in [0.1, 0.15) is 0 Å². The minimum absolute atomic E-state index is 0.0368. The Bertz CT molecular complexity index is 862. The number of nitrogens with zero attached hydrogens (tertiary/aromatic N) is 2. The number of halogens is 1. The van der Waals surface area contributed by atoms with Crippen molar-refractivity contribution < 1.29 is 13.2 Å². The van der Waals surface area contributed by atoms with Crippen molar-refractivity contribution in [1.82, 2.24) is 9.21 Å². The second kappa shape index (κ2) is 7.57. The molecular weight excluding hydrogens is 424 g/mol. The number of carbonyl (C=O) groups is 1. The third-order valence-corrected chi connectivity index (χ3v) is 7.71. The summed E-state index contributed by atoms with van der Waals surface area (Å²) in [7, 11) is -3.52. The first-order valence-electron chi connectivity index (χ1n) is 7.99. The van der Waals surface area contributed by atoms with Crippen LogP contribution in [0.4, 0.5) is 0 Å². The van der Waals surface area contributed by atoms with Gasteiger partial charge >= 0.3 is 0 Å². The number of hydrogen-bond acceptors (Lipinski definition) is 4. The van der Waals surface area contributed by atoms with Crippen LogP contribution in [0.1, 0.15) is 21.7 Å². The molecule has 1 fully saturated rings. The van der Waals surface area contributed by atoms with Gasteiger partial charge in [-0.2, -0.15) is 4.31 Å². The highest BCUT2D eigenvalue weighted by atomic mass is 79.9. The highest BCUT2D eigenvalue weighted by Gasteiger charge is 2.28. The maximum absolute atomic E-state index is 12.8. The van der Waals surface area contributed by atoms with Crippen LogP contribution in [0.2, 0.25) is 0 Å². The van der Waals surface area contributed by atoms with E-state index in [4.69, 9.17) is 0 Å². The fourth-order valence-electron chi connectivity index (χ4n) is 2.78. The predicted molar refractivity (Wildman–Crippen MR) is 102 cm³/mol. The van der Waals surface area contributed by atoms with Crippen LogP contribution in [0.25, 0.3) is 0 Å². The highest BCUT2D eigenvalue weighted by molar-refractivity contribution is 9.11. The van der Waals surface area contributed by atoms with Gasteiger partial charge in [-0.1, -0.05) is 17.7 Å². The molecule has 1 aliphatic heterocycles. The van der Waals surface area contributed by atoms with Gasteiger partial charge in [-0.05, 0) is 53.5 Å². The first-order valence-corrected chi connectivity index (χ1v) is 11.0. The molecule has 0 bridgehead atoms. The third kappa shape index (κ3) is 4.13. The fraction of sp³-hybridized carbons (Fsp3) is 0.353. The van der Waals surface area contributed by atoms with Gasteiger partial charge < -0.3 is 4.90 Å². The highest BCUT2D eigenvalue weighted by Crippen LogP contribution is 2.24. The topological polar surface area (TPSA) is 57.7 Å². The van der Waals surface area contributed by atoms with Crippen LogP contribution in [0.3, 0.4) is 0 Å².